The summed E-state index contributed by atoms with van der Waals surface area (Å²) < 4.78 is 0. The zero-order valence-corrected chi connectivity index (χ0v) is 19.5. The van der Waals surface area contributed by atoms with Crippen LogP contribution in [0.2, 0.25) is 0 Å². The molecule has 2 atom stereocenters. The van der Waals surface area contributed by atoms with E-state index < -0.39 is 0 Å². The van der Waals surface area contributed by atoms with Gasteiger partial charge in [0.2, 0.25) is 0 Å². The molecule has 0 spiro atoms. The molecule has 0 amide bonds. The minimum absolute atomic E-state index is 0. The molecule has 148 valence electrons. The highest BCUT2D eigenvalue weighted by Gasteiger charge is 2.29. The second kappa shape index (κ2) is 11.0. The number of aliphatic imine (C=N–C) groups is 1. The Morgan fingerprint density at radius 2 is 2.11 bits per heavy atom. The molecular weight excluding hydrogens is 469 g/mol. The van der Waals surface area contributed by atoms with Crippen molar-refractivity contribution >= 4 is 41.3 Å². The molecule has 5 nitrogen and oxygen atoms in total. The van der Waals surface area contributed by atoms with Gasteiger partial charge in [0.05, 0.1) is 10.7 Å². The highest BCUT2D eigenvalue weighted by molar-refractivity contribution is 14.0. The number of thiazole rings is 1. The van der Waals surface area contributed by atoms with Gasteiger partial charge in [-0.2, -0.15) is 0 Å². The van der Waals surface area contributed by atoms with Crippen LogP contribution < -0.4 is 10.6 Å². The molecule has 1 saturated heterocycles. The Hall–Kier alpha value is -1.19. The van der Waals surface area contributed by atoms with E-state index >= 15 is 0 Å². The van der Waals surface area contributed by atoms with Gasteiger partial charge in [-0.25, -0.2) is 4.98 Å². The summed E-state index contributed by atoms with van der Waals surface area (Å²) in [5.74, 6) is 0.885. The van der Waals surface area contributed by atoms with Gasteiger partial charge >= 0.3 is 0 Å². The smallest absolute Gasteiger partial charge is 0.191 e. The average molecular weight is 499 g/mol. The fraction of sp³-hybridized carbons (Fsp3) is 0.500. The molecule has 1 aromatic heterocycles. The van der Waals surface area contributed by atoms with E-state index in [4.69, 9.17) is 0 Å². The third kappa shape index (κ3) is 6.73. The number of benzene rings is 1. The van der Waals surface area contributed by atoms with E-state index in [9.17, 15) is 0 Å². The van der Waals surface area contributed by atoms with Crippen molar-refractivity contribution in [1.29, 1.82) is 0 Å². The van der Waals surface area contributed by atoms with Crippen LogP contribution in [0.25, 0.3) is 0 Å². The largest absolute Gasteiger partial charge is 0.356 e. The molecule has 0 bridgehead atoms. The number of aryl methyl sites for hydroxylation is 1. The van der Waals surface area contributed by atoms with Gasteiger partial charge in [0.25, 0.3) is 0 Å². The zero-order chi connectivity index (χ0) is 18.4. The lowest BCUT2D eigenvalue weighted by molar-refractivity contribution is 0.258. The maximum absolute atomic E-state index is 4.51. The second-order valence-electron chi connectivity index (χ2n) is 6.95. The van der Waals surface area contributed by atoms with Gasteiger partial charge in [-0.05, 0) is 25.8 Å². The number of rotatable bonds is 6. The Bertz CT molecular complexity index is 718. The second-order valence-corrected chi connectivity index (χ2v) is 8.01. The first-order chi connectivity index (χ1) is 12.6. The lowest BCUT2D eigenvalue weighted by Crippen LogP contribution is -2.45. The summed E-state index contributed by atoms with van der Waals surface area (Å²) in [6, 6.07) is 11.7. The molecule has 1 aliphatic rings. The molecule has 1 fully saturated rings. The van der Waals surface area contributed by atoms with Crippen LogP contribution >= 0.6 is 35.3 Å². The molecule has 0 radical (unpaired) electrons. The molecule has 27 heavy (non-hydrogen) atoms. The van der Waals surface area contributed by atoms with E-state index in [0.717, 1.165) is 49.1 Å². The van der Waals surface area contributed by atoms with Crippen molar-refractivity contribution in [2.75, 3.05) is 20.1 Å². The molecule has 2 heterocycles. The Labute approximate surface area is 183 Å². The maximum atomic E-state index is 4.51. The fourth-order valence-electron chi connectivity index (χ4n) is 3.46. The minimum atomic E-state index is 0. The number of halogens is 1. The molecule has 3 rings (SSSR count). The van der Waals surface area contributed by atoms with Crippen molar-refractivity contribution in [1.82, 2.24) is 20.5 Å². The fourth-order valence-corrected chi connectivity index (χ4v) is 4.11. The van der Waals surface area contributed by atoms with E-state index in [1.807, 2.05) is 14.0 Å². The number of nitrogens with one attached hydrogen (secondary N) is 2. The summed E-state index contributed by atoms with van der Waals surface area (Å²) in [7, 11) is 1.84. The van der Waals surface area contributed by atoms with Gasteiger partial charge in [-0.3, -0.25) is 9.89 Å². The van der Waals surface area contributed by atoms with Crippen molar-refractivity contribution < 1.29 is 0 Å². The summed E-state index contributed by atoms with van der Waals surface area (Å²) in [6.07, 6.45) is 2.06. The summed E-state index contributed by atoms with van der Waals surface area (Å²) in [5, 5.41) is 10.3. The number of nitrogens with zero attached hydrogens (tertiary/aromatic N) is 3. The summed E-state index contributed by atoms with van der Waals surface area (Å²) >= 11 is 1.71. The van der Waals surface area contributed by atoms with Crippen molar-refractivity contribution in [3.8, 4) is 0 Å². The van der Waals surface area contributed by atoms with Crippen molar-refractivity contribution in [3.63, 3.8) is 0 Å². The van der Waals surface area contributed by atoms with Gasteiger partial charge in [0, 0.05) is 50.6 Å². The minimum Gasteiger partial charge on any atom is -0.356 e. The molecule has 2 aromatic rings. The highest BCUT2D eigenvalue weighted by Crippen LogP contribution is 2.20. The van der Waals surface area contributed by atoms with Crippen molar-refractivity contribution in [3.05, 3.63) is 52.0 Å². The van der Waals surface area contributed by atoms with E-state index in [-0.39, 0.29) is 24.0 Å². The van der Waals surface area contributed by atoms with Crippen LogP contribution in [0.3, 0.4) is 0 Å². The Morgan fingerprint density at radius 1 is 1.33 bits per heavy atom. The third-order valence-corrected chi connectivity index (χ3v) is 5.66. The van der Waals surface area contributed by atoms with Crippen LogP contribution in [0.15, 0.2) is 40.7 Å². The van der Waals surface area contributed by atoms with Crippen molar-refractivity contribution in [2.24, 2.45) is 4.99 Å². The molecule has 0 aliphatic carbocycles. The first-order valence-electron chi connectivity index (χ1n) is 9.30. The quantitative estimate of drug-likeness (QED) is 0.363. The van der Waals surface area contributed by atoms with Gasteiger partial charge in [0.15, 0.2) is 5.96 Å². The molecule has 0 saturated carbocycles. The monoisotopic (exact) mass is 499 g/mol. The predicted octanol–water partition coefficient (Wildman–Crippen LogP) is 3.44. The molecule has 7 heteroatoms. The Balaban J connectivity index is 0.00000261. The number of hydrogen-bond acceptors (Lipinski definition) is 4. The number of hydrogen-bond donors (Lipinski definition) is 2. The van der Waals surface area contributed by atoms with Crippen LogP contribution in [0.4, 0.5) is 0 Å². The SMILES string of the molecule is CN=C(NCCc1csc(C)n1)NC1CC(C)N(Cc2ccccc2)C1.I. The van der Waals surface area contributed by atoms with E-state index in [0.29, 0.717) is 12.1 Å². The lowest BCUT2D eigenvalue weighted by Gasteiger charge is -2.21. The van der Waals surface area contributed by atoms with E-state index in [2.05, 4.69) is 68.1 Å². The van der Waals surface area contributed by atoms with E-state index in [1.54, 1.807) is 11.3 Å². The number of aromatic nitrogens is 1. The van der Waals surface area contributed by atoms with Crippen LogP contribution in [-0.4, -0.2) is 48.1 Å². The van der Waals surface area contributed by atoms with Crippen LogP contribution in [0.5, 0.6) is 0 Å². The molecule has 2 N–H and O–H groups in total. The van der Waals surface area contributed by atoms with Crippen LogP contribution in [-0.2, 0) is 13.0 Å². The Kier molecular flexibility index (Phi) is 8.98. The summed E-state index contributed by atoms with van der Waals surface area (Å²) in [4.78, 5) is 11.4. The lowest BCUT2D eigenvalue weighted by atomic mass is 10.2. The third-order valence-electron chi connectivity index (χ3n) is 4.84. The maximum Gasteiger partial charge on any atom is 0.191 e. The van der Waals surface area contributed by atoms with Gasteiger partial charge in [0.1, 0.15) is 0 Å². The van der Waals surface area contributed by atoms with E-state index in [1.165, 1.54) is 5.56 Å². The first kappa shape index (κ1) is 22.1. The van der Waals surface area contributed by atoms with Crippen LogP contribution in [0.1, 0.15) is 29.6 Å². The van der Waals surface area contributed by atoms with Gasteiger partial charge in [-0.1, -0.05) is 30.3 Å². The summed E-state index contributed by atoms with van der Waals surface area (Å²) in [6.45, 7) is 7.26. The molecule has 1 aliphatic heterocycles. The van der Waals surface area contributed by atoms with Crippen molar-refractivity contribution in [2.45, 2.75) is 45.3 Å². The highest BCUT2D eigenvalue weighted by atomic mass is 127. The first-order valence-corrected chi connectivity index (χ1v) is 10.2. The average Bonchev–Trinajstić information content (AvgIpc) is 3.20. The molecular formula is C20H30IN5S. The van der Waals surface area contributed by atoms with Gasteiger partial charge < -0.3 is 10.6 Å². The predicted molar refractivity (Wildman–Crippen MR) is 125 cm³/mol. The van der Waals surface area contributed by atoms with Gasteiger partial charge in [-0.15, -0.1) is 35.3 Å². The normalized spacial score (nSPS) is 20.3. The van der Waals surface area contributed by atoms with Crippen LogP contribution in [0, 0.1) is 6.92 Å². The zero-order valence-electron chi connectivity index (χ0n) is 16.3. The topological polar surface area (TPSA) is 52.6 Å². The standard InChI is InChI=1S/C20H29N5S.HI/c1-15-11-19(13-25(15)12-17-7-5-4-6-8-17)24-20(21-3)22-10-9-18-14-26-16(2)23-18;/h4-8,14-15,19H,9-13H2,1-3H3,(H2,21,22,24);1H. The summed E-state index contributed by atoms with van der Waals surface area (Å²) in [5.41, 5.74) is 2.53. The Morgan fingerprint density at radius 3 is 2.78 bits per heavy atom. The molecule has 2 unspecified atom stereocenters. The number of guanidine groups is 1. The number of likely N-dealkylation sites (tertiary alicyclic amines) is 1. The molecule has 1 aromatic carbocycles.